The molecule has 10 heteroatoms. The first-order valence-electron chi connectivity index (χ1n) is 5.00. The maximum absolute atomic E-state index is 11.4. The Labute approximate surface area is 147 Å². The number of ether oxygens (including phenoxy) is 2. The molecule has 0 heterocycles. The average Bonchev–Trinajstić information content (AvgIpc) is 2.30. The Morgan fingerprint density at radius 1 is 1.40 bits per heavy atom. The Morgan fingerprint density at radius 2 is 1.90 bits per heavy atom. The van der Waals surface area contributed by atoms with Gasteiger partial charge in [-0.1, -0.05) is 23.2 Å². The molecule has 0 fully saturated rings. The molecule has 0 amide bonds. The Bertz CT molecular complexity index is 491. The van der Waals surface area contributed by atoms with E-state index in [-0.39, 0.29) is 35.3 Å². The molecular weight excluding hydrogens is 341 g/mol. The molecule has 0 aliphatic heterocycles. The topological polar surface area (TPSA) is 95.9 Å². The molecule has 3 atom stereocenters. The van der Waals surface area contributed by atoms with Crippen LogP contribution >= 0.6 is 30.8 Å². The van der Waals surface area contributed by atoms with Gasteiger partial charge in [-0.15, -0.1) is 0 Å². The molecule has 0 aliphatic carbocycles. The van der Waals surface area contributed by atoms with Crippen LogP contribution in [-0.4, -0.2) is 22.3 Å². The first-order valence-corrected chi connectivity index (χ1v) is 7.46. The van der Waals surface area contributed by atoms with E-state index in [1.54, 1.807) is 0 Å². The van der Waals surface area contributed by atoms with Crippen molar-refractivity contribution in [1.29, 1.82) is 0 Å². The van der Waals surface area contributed by atoms with E-state index in [4.69, 9.17) is 32.8 Å². The summed E-state index contributed by atoms with van der Waals surface area (Å²) >= 11 is 11.3. The van der Waals surface area contributed by atoms with Gasteiger partial charge in [0.25, 0.3) is 5.56 Å². The summed E-state index contributed by atoms with van der Waals surface area (Å²) in [5.41, 5.74) is -1.55. The van der Waals surface area contributed by atoms with E-state index in [1.165, 1.54) is 24.3 Å². The van der Waals surface area contributed by atoms with Gasteiger partial charge in [0, 0.05) is 5.02 Å². The van der Waals surface area contributed by atoms with Crippen LogP contribution in [0.4, 0.5) is 0 Å². The average molecular weight is 351 g/mol. The van der Waals surface area contributed by atoms with Crippen molar-refractivity contribution < 1.29 is 58.2 Å². The number of esters is 1. The van der Waals surface area contributed by atoms with Crippen molar-refractivity contribution >= 4 is 36.8 Å². The van der Waals surface area contributed by atoms with Gasteiger partial charge in [0.15, 0.2) is 13.4 Å². The second-order valence-electron chi connectivity index (χ2n) is 3.49. The van der Waals surface area contributed by atoms with E-state index in [9.17, 15) is 14.3 Å². The zero-order valence-electron chi connectivity index (χ0n) is 10.7. The van der Waals surface area contributed by atoms with E-state index in [2.05, 4.69) is 4.74 Å². The van der Waals surface area contributed by atoms with Crippen LogP contribution in [0, 0.1) is 0 Å². The number of hydrogen-bond donors (Lipinski definition) is 1. The van der Waals surface area contributed by atoms with Crippen LogP contribution in [0.2, 0.25) is 5.02 Å². The Hall–Kier alpha value is 0.220. The van der Waals surface area contributed by atoms with Crippen molar-refractivity contribution in [1.82, 2.24) is 0 Å². The van der Waals surface area contributed by atoms with E-state index >= 15 is 0 Å². The number of carbonyl (C=O) groups is 1. The molecule has 0 aromatic heterocycles. The third-order valence-corrected chi connectivity index (χ3v) is 3.53. The maximum atomic E-state index is 11.4. The molecule has 1 N–H and O–H groups in total. The summed E-state index contributed by atoms with van der Waals surface area (Å²) in [6.45, 7) is 0.998. The summed E-state index contributed by atoms with van der Waals surface area (Å²) in [6, 6.07) is 5.99. The Balaban J connectivity index is 0.00000361. The maximum Gasteiger partial charge on any atom is 1.00 e. The van der Waals surface area contributed by atoms with Crippen molar-refractivity contribution in [2.75, 3.05) is 0 Å². The first-order chi connectivity index (χ1) is 8.70. The van der Waals surface area contributed by atoms with Crippen molar-refractivity contribution in [2.24, 2.45) is 0 Å². The number of carbonyl (C=O) groups excluding carboxylic acids is 1. The third kappa shape index (κ3) is 6.78. The molecule has 0 radical (unpaired) electrons. The monoisotopic (exact) mass is 350 g/mol. The molecule has 1 aromatic carbocycles. The van der Waals surface area contributed by atoms with Gasteiger partial charge in [0.05, 0.1) is 0 Å². The first kappa shape index (κ1) is 20.2. The fourth-order valence-electron chi connectivity index (χ4n) is 0.969. The van der Waals surface area contributed by atoms with Gasteiger partial charge in [-0.2, -0.15) is 0 Å². The Morgan fingerprint density at radius 3 is 2.35 bits per heavy atom. The van der Waals surface area contributed by atoms with Crippen LogP contribution in [0.3, 0.4) is 0 Å². The summed E-state index contributed by atoms with van der Waals surface area (Å²) < 4.78 is 20.1. The van der Waals surface area contributed by atoms with Gasteiger partial charge >= 0.3 is 35.5 Å². The van der Waals surface area contributed by atoms with Crippen LogP contribution in [0.5, 0.6) is 5.75 Å². The molecule has 6 nitrogen and oxygen atoms in total. The molecule has 0 spiro atoms. The molecular formula is C10H10Cl2NaO6P. The zero-order valence-corrected chi connectivity index (χ0v) is 15.1. The van der Waals surface area contributed by atoms with Gasteiger partial charge in [-0.25, -0.2) is 4.79 Å². The third-order valence-electron chi connectivity index (χ3n) is 1.98. The molecule has 1 aromatic rings. The van der Waals surface area contributed by atoms with Crippen molar-refractivity contribution in [3.63, 3.8) is 0 Å². The number of halogens is 2. The van der Waals surface area contributed by atoms with Crippen molar-refractivity contribution in [3.05, 3.63) is 29.3 Å². The second-order valence-corrected chi connectivity index (χ2v) is 6.18. The van der Waals surface area contributed by atoms with Crippen LogP contribution < -0.4 is 39.2 Å². The zero-order chi connectivity index (χ0) is 14.6. The molecule has 0 saturated carbocycles. The summed E-state index contributed by atoms with van der Waals surface area (Å²) in [4.78, 5) is 30.7. The molecule has 0 saturated heterocycles. The molecule has 106 valence electrons. The molecule has 0 bridgehead atoms. The SMILES string of the molecule is CC(OC(=O)C(Cl)Oc1ccc(Cl)cc1)P(=O)([O-])O.[Na+]. The summed E-state index contributed by atoms with van der Waals surface area (Å²) in [7, 11) is -4.76. The van der Waals surface area contributed by atoms with Crippen LogP contribution in [-0.2, 0) is 14.1 Å². The minimum atomic E-state index is -4.76. The van der Waals surface area contributed by atoms with E-state index in [1.807, 2.05) is 0 Å². The van der Waals surface area contributed by atoms with Gasteiger partial charge in [0.1, 0.15) is 5.75 Å². The molecule has 0 aliphatic rings. The largest absolute Gasteiger partial charge is 1.00 e. The van der Waals surface area contributed by atoms with Crippen LogP contribution in [0.1, 0.15) is 6.92 Å². The van der Waals surface area contributed by atoms with Gasteiger partial charge in [-0.05, 0) is 31.2 Å². The summed E-state index contributed by atoms with van der Waals surface area (Å²) in [5, 5.41) is 0.474. The number of alkyl halides is 1. The quantitative estimate of drug-likeness (QED) is 0.307. The minimum absolute atomic E-state index is 0. The number of benzene rings is 1. The predicted octanol–water partition coefficient (Wildman–Crippen LogP) is -1.28. The van der Waals surface area contributed by atoms with Gasteiger partial charge in [-0.3, -0.25) is 0 Å². The number of hydrogen-bond acceptors (Lipinski definition) is 5. The fraction of sp³-hybridized carbons (Fsp3) is 0.300. The summed E-state index contributed by atoms with van der Waals surface area (Å²) in [6.07, 6.45) is 0. The minimum Gasteiger partial charge on any atom is -0.776 e. The molecule has 20 heavy (non-hydrogen) atoms. The van der Waals surface area contributed by atoms with Crippen molar-refractivity contribution in [2.45, 2.75) is 18.3 Å². The standard InChI is InChI=1S/C10H11Cl2O6P.Na/c1-6(19(14,15)16)17-10(13)9(12)18-8-4-2-7(11)3-5-8;/h2-6,9H,1H3,(H2,14,15,16);/q;+1/p-1. The Kier molecular flexibility index (Phi) is 8.71. The fourth-order valence-corrected chi connectivity index (χ4v) is 1.49. The smallest absolute Gasteiger partial charge is 0.776 e. The van der Waals surface area contributed by atoms with Crippen LogP contribution in [0.15, 0.2) is 24.3 Å². The summed E-state index contributed by atoms with van der Waals surface area (Å²) in [5.74, 6) is -2.58. The second kappa shape index (κ2) is 8.61. The van der Waals surface area contributed by atoms with Crippen LogP contribution in [0.25, 0.3) is 0 Å². The van der Waals surface area contributed by atoms with Gasteiger partial charge in [0.2, 0.25) is 0 Å². The normalized spacial score (nSPS) is 16.2. The van der Waals surface area contributed by atoms with E-state index in [0.29, 0.717) is 5.02 Å². The number of rotatable bonds is 5. The molecule has 1 rings (SSSR count). The predicted molar refractivity (Wildman–Crippen MR) is 67.1 cm³/mol. The van der Waals surface area contributed by atoms with Gasteiger partial charge < -0.3 is 23.8 Å². The van der Waals surface area contributed by atoms with E-state index < -0.39 is 25.0 Å². The van der Waals surface area contributed by atoms with Crippen molar-refractivity contribution in [3.8, 4) is 5.75 Å². The van der Waals surface area contributed by atoms with E-state index in [0.717, 1.165) is 6.92 Å². The molecule has 3 unspecified atom stereocenters.